The number of hydrogen-bond donors (Lipinski definition) is 0. The van der Waals surface area contributed by atoms with Crippen LogP contribution >= 0.6 is 0 Å². The van der Waals surface area contributed by atoms with Crippen LogP contribution in [-0.2, 0) is 21.1 Å². The van der Waals surface area contributed by atoms with Gasteiger partial charge in [0.05, 0.1) is 0 Å². The van der Waals surface area contributed by atoms with Gasteiger partial charge in [-0.25, -0.2) is 0 Å². The Labute approximate surface area is 96.0 Å². The summed E-state index contributed by atoms with van der Waals surface area (Å²) in [5.74, 6) is 0. The third-order valence-corrected chi connectivity index (χ3v) is 1.91. The number of rotatable bonds is 0. The first-order valence-electron chi connectivity index (χ1n) is 4.58. The van der Waals surface area contributed by atoms with E-state index in [9.17, 15) is 0 Å². The molecule has 13 heavy (non-hydrogen) atoms. The molecule has 1 heteroatoms. The molecule has 0 bridgehead atoms. The fourth-order valence-electron chi connectivity index (χ4n) is 1.20. The van der Waals surface area contributed by atoms with E-state index >= 15 is 0 Å². The van der Waals surface area contributed by atoms with Gasteiger partial charge in [-0.2, -0.15) is 37.5 Å². The Morgan fingerprint density at radius 3 is 1.77 bits per heavy atom. The molecule has 1 aliphatic carbocycles. The quantitative estimate of drug-likeness (QED) is 0.631. The van der Waals surface area contributed by atoms with Crippen molar-refractivity contribution in [3.05, 3.63) is 49.2 Å². The maximum atomic E-state index is 3.72. The summed E-state index contributed by atoms with van der Waals surface area (Å²) >= 11 is 0. The molecular formula is C12H16W. The van der Waals surface area contributed by atoms with Crippen LogP contribution in [0.5, 0.6) is 0 Å². The van der Waals surface area contributed by atoms with Gasteiger partial charge in [-0.1, -0.05) is 18.9 Å². The van der Waals surface area contributed by atoms with Crippen LogP contribution in [0.1, 0.15) is 31.2 Å². The molecule has 0 aliphatic heterocycles. The zero-order chi connectivity index (χ0) is 8.65. The first-order valence-corrected chi connectivity index (χ1v) is 4.58. The van der Waals surface area contributed by atoms with E-state index in [4.69, 9.17) is 0 Å². The molecule has 0 saturated heterocycles. The van der Waals surface area contributed by atoms with E-state index in [-0.39, 0.29) is 21.1 Å². The maximum Gasteiger partial charge on any atom is 2.00 e. The second-order valence-electron chi connectivity index (χ2n) is 3.06. The van der Waals surface area contributed by atoms with E-state index < -0.39 is 0 Å². The monoisotopic (exact) mass is 344 g/mol. The smallest absolute Gasteiger partial charge is 0.328 e. The number of benzene rings is 1. The Hall–Kier alpha value is -0.222. The van der Waals surface area contributed by atoms with Gasteiger partial charge >= 0.3 is 21.1 Å². The molecule has 0 amide bonds. The molecule has 0 nitrogen and oxygen atoms in total. The molecule has 1 aromatic carbocycles. The van der Waals surface area contributed by atoms with Gasteiger partial charge in [-0.3, -0.25) is 0 Å². The molecule has 2 rings (SSSR count). The molecular weight excluding hydrogens is 328 g/mol. The summed E-state index contributed by atoms with van der Waals surface area (Å²) in [7, 11) is 0. The molecule has 0 N–H and O–H groups in total. The van der Waals surface area contributed by atoms with Gasteiger partial charge in [0.25, 0.3) is 0 Å². The predicted molar refractivity (Wildman–Crippen MR) is 53.7 cm³/mol. The minimum atomic E-state index is 0. The molecule has 1 saturated carbocycles. The van der Waals surface area contributed by atoms with Crippen LogP contribution in [0.4, 0.5) is 0 Å². The van der Waals surface area contributed by atoms with Gasteiger partial charge in [0.2, 0.25) is 0 Å². The Balaban J connectivity index is 0.000000215. The molecule has 0 unspecified atom stereocenters. The van der Waals surface area contributed by atoms with E-state index in [1.54, 1.807) is 0 Å². The van der Waals surface area contributed by atoms with Crippen molar-refractivity contribution < 1.29 is 21.1 Å². The van der Waals surface area contributed by atoms with E-state index in [0.717, 1.165) is 5.56 Å². The van der Waals surface area contributed by atoms with Gasteiger partial charge in [0, 0.05) is 0 Å². The first-order chi connectivity index (χ1) is 5.89. The molecule has 0 spiro atoms. The first kappa shape index (κ1) is 12.8. The van der Waals surface area contributed by atoms with Crippen LogP contribution in [0.15, 0.2) is 30.3 Å². The van der Waals surface area contributed by atoms with Crippen LogP contribution in [0.2, 0.25) is 0 Å². The van der Waals surface area contributed by atoms with Crippen LogP contribution in [0.25, 0.3) is 0 Å². The van der Waals surface area contributed by atoms with Gasteiger partial charge in [0.15, 0.2) is 0 Å². The summed E-state index contributed by atoms with van der Waals surface area (Å²) in [6.07, 6.45) is 8.00. The van der Waals surface area contributed by atoms with Gasteiger partial charge in [0.1, 0.15) is 0 Å². The van der Waals surface area contributed by atoms with Gasteiger partial charge in [-0.05, 0) is 0 Å². The van der Waals surface area contributed by atoms with Crippen molar-refractivity contribution in [3.8, 4) is 0 Å². The van der Waals surface area contributed by atoms with E-state index in [1.807, 2.05) is 30.3 Å². The zero-order valence-electron chi connectivity index (χ0n) is 7.91. The Morgan fingerprint density at radius 2 is 1.54 bits per heavy atom. The van der Waals surface area contributed by atoms with Crippen LogP contribution < -0.4 is 0 Å². The molecule has 70 valence electrons. The Bertz CT molecular complexity index is 182. The zero-order valence-corrected chi connectivity index (χ0v) is 10.8. The summed E-state index contributed by atoms with van der Waals surface area (Å²) in [6, 6.07) is 9.87. The summed E-state index contributed by atoms with van der Waals surface area (Å²) in [6.45, 7) is 3.72. The van der Waals surface area contributed by atoms with Crippen LogP contribution in [0.3, 0.4) is 0 Å². The summed E-state index contributed by atoms with van der Waals surface area (Å²) in [4.78, 5) is 0. The summed E-state index contributed by atoms with van der Waals surface area (Å²) < 4.78 is 0. The molecule has 0 atom stereocenters. The average Bonchev–Trinajstić information content (AvgIpc) is 2.62. The average molecular weight is 344 g/mol. The molecule has 0 aromatic heterocycles. The van der Waals surface area contributed by atoms with E-state index in [0.29, 0.717) is 0 Å². The standard InChI is InChI=1S/C7H7.C5H9.W/c1-7-5-3-2-4-6-7;1-2-4-5-3-1;/h2-6H,1H2;1H,2-5H2;/q2*-1;+2. The third-order valence-electron chi connectivity index (χ3n) is 1.91. The van der Waals surface area contributed by atoms with Gasteiger partial charge in [-0.15, -0.1) is 12.1 Å². The molecule has 1 fully saturated rings. The van der Waals surface area contributed by atoms with Crippen molar-refractivity contribution >= 4 is 0 Å². The Kier molecular flexibility index (Phi) is 8.24. The van der Waals surface area contributed by atoms with Crippen molar-refractivity contribution in [2.24, 2.45) is 0 Å². The van der Waals surface area contributed by atoms with Crippen LogP contribution in [0, 0.1) is 13.3 Å². The third kappa shape index (κ3) is 6.90. The Morgan fingerprint density at radius 1 is 1.00 bits per heavy atom. The fraction of sp³-hybridized carbons (Fsp3) is 0.333. The molecule has 0 heterocycles. The molecule has 0 radical (unpaired) electrons. The van der Waals surface area contributed by atoms with Gasteiger partial charge < -0.3 is 6.42 Å². The van der Waals surface area contributed by atoms with Crippen LogP contribution in [-0.4, -0.2) is 0 Å². The van der Waals surface area contributed by atoms with Crippen molar-refractivity contribution in [2.45, 2.75) is 25.7 Å². The van der Waals surface area contributed by atoms with Crippen molar-refractivity contribution in [3.63, 3.8) is 0 Å². The van der Waals surface area contributed by atoms with E-state index in [1.165, 1.54) is 25.7 Å². The number of hydrogen-bond acceptors (Lipinski definition) is 0. The SMILES string of the molecule is [CH-]1CCCC1.[CH2-]c1ccccc1.[W+2]. The minimum absolute atomic E-state index is 0. The second kappa shape index (κ2) is 8.38. The topological polar surface area (TPSA) is 0 Å². The largest absolute Gasteiger partial charge is 2.00 e. The van der Waals surface area contributed by atoms with Crippen molar-refractivity contribution in [2.75, 3.05) is 0 Å². The summed E-state index contributed by atoms with van der Waals surface area (Å²) in [5.41, 5.74) is 1.07. The fourth-order valence-corrected chi connectivity index (χ4v) is 1.20. The maximum absolute atomic E-state index is 3.72. The minimum Gasteiger partial charge on any atom is -0.328 e. The van der Waals surface area contributed by atoms with Crippen molar-refractivity contribution in [1.29, 1.82) is 0 Å². The normalized spacial score (nSPS) is 13.8. The van der Waals surface area contributed by atoms with Crippen molar-refractivity contribution in [1.82, 2.24) is 0 Å². The molecule has 1 aromatic rings. The summed E-state index contributed by atoms with van der Waals surface area (Å²) in [5, 5.41) is 0. The van der Waals surface area contributed by atoms with E-state index in [2.05, 4.69) is 13.3 Å². The predicted octanol–water partition coefficient (Wildman–Crippen LogP) is 3.63. The molecule has 1 aliphatic rings. The second-order valence-corrected chi connectivity index (χ2v) is 3.06.